The number of halogens is 3. The van der Waals surface area contributed by atoms with Crippen molar-refractivity contribution in [3.05, 3.63) is 48.3 Å². The van der Waals surface area contributed by atoms with E-state index >= 15 is 0 Å². The summed E-state index contributed by atoms with van der Waals surface area (Å²) in [6.07, 6.45) is -3.14. The molecule has 28 heavy (non-hydrogen) atoms. The summed E-state index contributed by atoms with van der Waals surface area (Å²) in [6.45, 7) is 0.999. The first-order valence-electron chi connectivity index (χ1n) is 8.34. The van der Waals surface area contributed by atoms with E-state index in [1.165, 1.54) is 21.2 Å². The van der Waals surface area contributed by atoms with Gasteiger partial charge in [-0.1, -0.05) is 6.07 Å². The molecule has 0 unspecified atom stereocenters. The van der Waals surface area contributed by atoms with E-state index in [1.54, 1.807) is 12.1 Å². The summed E-state index contributed by atoms with van der Waals surface area (Å²) in [7, 11) is -4.02. The predicted molar refractivity (Wildman–Crippen MR) is 93.2 cm³/mol. The summed E-state index contributed by atoms with van der Waals surface area (Å²) < 4.78 is 66.9. The summed E-state index contributed by atoms with van der Waals surface area (Å²) in [5.74, 6) is 0.642. The third-order valence-electron chi connectivity index (χ3n) is 4.51. The Morgan fingerprint density at radius 2 is 1.75 bits per heavy atom. The van der Waals surface area contributed by atoms with Gasteiger partial charge in [0.05, 0.1) is 10.5 Å². The lowest BCUT2D eigenvalue weighted by Crippen LogP contribution is -2.49. The van der Waals surface area contributed by atoms with Crippen LogP contribution in [0.3, 0.4) is 0 Å². The zero-order chi connectivity index (χ0) is 19.9. The number of rotatable bonds is 3. The maximum atomic E-state index is 12.9. The fourth-order valence-electron chi connectivity index (χ4n) is 3.03. The summed E-state index contributed by atoms with van der Waals surface area (Å²) >= 11 is 0. The van der Waals surface area contributed by atoms with Gasteiger partial charge in [0, 0.05) is 26.2 Å². The van der Waals surface area contributed by atoms with E-state index in [-0.39, 0.29) is 18.0 Å². The zero-order valence-corrected chi connectivity index (χ0v) is 15.2. The van der Waals surface area contributed by atoms with E-state index in [4.69, 9.17) is 0 Å². The van der Waals surface area contributed by atoms with E-state index in [0.29, 0.717) is 30.6 Å². The molecule has 0 aliphatic carbocycles. The molecule has 2 aromatic heterocycles. The molecule has 0 N–H and O–H groups in total. The molecule has 4 rings (SSSR count). The fourth-order valence-corrected chi connectivity index (χ4v) is 4.50. The standard InChI is InChI=1S/C16H15F3N6O2S/c17-16(18,19)12-2-1-3-13(10-12)28(26,27)24-8-6-23(7-9-24)15-5-4-14-21-20-11-25(14)22-15/h1-5,10-11H,6-9H2. The first-order chi connectivity index (χ1) is 13.2. The summed E-state index contributed by atoms with van der Waals surface area (Å²) in [6, 6.07) is 7.32. The van der Waals surface area contributed by atoms with Crippen molar-refractivity contribution < 1.29 is 21.6 Å². The SMILES string of the molecule is O=S(=O)(c1cccc(C(F)(F)F)c1)N1CCN(c2ccc3nncn3n2)CC1. The molecule has 0 bridgehead atoms. The first-order valence-corrected chi connectivity index (χ1v) is 9.78. The molecule has 0 spiro atoms. The molecule has 0 radical (unpaired) electrons. The number of hydrogen-bond acceptors (Lipinski definition) is 6. The van der Waals surface area contributed by atoms with Gasteiger partial charge in [-0.25, -0.2) is 8.42 Å². The van der Waals surface area contributed by atoms with Crippen LogP contribution >= 0.6 is 0 Å². The van der Waals surface area contributed by atoms with E-state index in [9.17, 15) is 21.6 Å². The summed E-state index contributed by atoms with van der Waals surface area (Å²) in [5.41, 5.74) is -0.395. The third kappa shape index (κ3) is 3.40. The molecule has 1 saturated heterocycles. The van der Waals surface area contributed by atoms with Gasteiger partial charge >= 0.3 is 6.18 Å². The van der Waals surface area contributed by atoms with Crippen molar-refractivity contribution in [2.45, 2.75) is 11.1 Å². The Morgan fingerprint density at radius 1 is 1.00 bits per heavy atom. The van der Waals surface area contributed by atoms with Gasteiger partial charge in [0.15, 0.2) is 5.65 Å². The molecule has 0 amide bonds. The number of anilines is 1. The number of sulfonamides is 1. The van der Waals surface area contributed by atoms with Crippen LogP contribution in [0.1, 0.15) is 5.56 Å². The van der Waals surface area contributed by atoms with E-state index in [2.05, 4.69) is 15.3 Å². The van der Waals surface area contributed by atoms with E-state index in [1.807, 2.05) is 4.90 Å². The fraction of sp³-hybridized carbons (Fsp3) is 0.312. The second kappa shape index (κ2) is 6.71. The molecule has 3 aromatic rings. The van der Waals surface area contributed by atoms with Crippen molar-refractivity contribution in [2.75, 3.05) is 31.1 Å². The van der Waals surface area contributed by atoms with E-state index < -0.39 is 21.8 Å². The Labute approximate surface area is 158 Å². The molecule has 1 aliphatic heterocycles. The lowest BCUT2D eigenvalue weighted by atomic mass is 10.2. The van der Waals surface area contributed by atoms with Crippen LogP contribution in [0, 0.1) is 0 Å². The highest BCUT2D eigenvalue weighted by Crippen LogP contribution is 2.31. The van der Waals surface area contributed by atoms with Gasteiger partial charge < -0.3 is 4.90 Å². The minimum atomic E-state index is -4.60. The third-order valence-corrected chi connectivity index (χ3v) is 6.40. The molecule has 8 nitrogen and oxygen atoms in total. The van der Waals surface area contributed by atoms with Crippen molar-refractivity contribution >= 4 is 21.5 Å². The second-order valence-electron chi connectivity index (χ2n) is 6.24. The van der Waals surface area contributed by atoms with Gasteiger partial charge in [0.1, 0.15) is 12.1 Å². The van der Waals surface area contributed by atoms with Crippen LogP contribution in [0.4, 0.5) is 19.0 Å². The van der Waals surface area contributed by atoms with Crippen molar-refractivity contribution in [1.29, 1.82) is 0 Å². The average molecular weight is 412 g/mol. The highest BCUT2D eigenvalue weighted by atomic mass is 32.2. The van der Waals surface area contributed by atoms with Gasteiger partial charge in [0.25, 0.3) is 0 Å². The lowest BCUT2D eigenvalue weighted by Gasteiger charge is -2.34. The Bertz CT molecular complexity index is 1110. The van der Waals surface area contributed by atoms with Crippen LogP contribution in [0.2, 0.25) is 0 Å². The molecule has 148 valence electrons. The number of fused-ring (bicyclic) bond motifs is 1. The number of benzene rings is 1. The van der Waals surface area contributed by atoms with Gasteiger partial charge in [-0.3, -0.25) is 0 Å². The molecule has 12 heteroatoms. The highest BCUT2D eigenvalue weighted by Gasteiger charge is 2.34. The normalized spacial score (nSPS) is 16.6. The minimum Gasteiger partial charge on any atom is -0.353 e. The monoisotopic (exact) mass is 412 g/mol. The van der Waals surface area contributed by atoms with Crippen LogP contribution in [0.5, 0.6) is 0 Å². The molecule has 0 saturated carbocycles. The Kier molecular flexibility index (Phi) is 4.46. The van der Waals surface area contributed by atoms with Crippen LogP contribution in [-0.2, 0) is 16.2 Å². The zero-order valence-electron chi connectivity index (χ0n) is 14.4. The van der Waals surface area contributed by atoms with Crippen molar-refractivity contribution in [1.82, 2.24) is 24.1 Å². The molecular formula is C16H15F3N6O2S. The first kappa shape index (κ1) is 18.6. The molecule has 1 aromatic carbocycles. The Balaban J connectivity index is 1.51. The van der Waals surface area contributed by atoms with Gasteiger partial charge in [-0.05, 0) is 30.3 Å². The maximum Gasteiger partial charge on any atom is 0.416 e. The molecule has 1 aliphatic rings. The molecule has 3 heterocycles. The van der Waals surface area contributed by atoms with E-state index in [0.717, 1.165) is 12.1 Å². The number of nitrogens with zero attached hydrogens (tertiary/aromatic N) is 6. The highest BCUT2D eigenvalue weighted by molar-refractivity contribution is 7.89. The van der Waals surface area contributed by atoms with Crippen molar-refractivity contribution in [3.63, 3.8) is 0 Å². The maximum absolute atomic E-state index is 12.9. The number of aromatic nitrogens is 4. The predicted octanol–water partition coefficient (Wildman–Crippen LogP) is 1.65. The van der Waals surface area contributed by atoms with Crippen LogP contribution < -0.4 is 4.90 Å². The second-order valence-corrected chi connectivity index (χ2v) is 8.18. The molecule has 0 atom stereocenters. The minimum absolute atomic E-state index is 0.139. The lowest BCUT2D eigenvalue weighted by molar-refractivity contribution is -0.137. The van der Waals surface area contributed by atoms with Gasteiger partial charge in [-0.15, -0.1) is 15.3 Å². The largest absolute Gasteiger partial charge is 0.416 e. The van der Waals surface area contributed by atoms with Crippen LogP contribution in [-0.4, -0.2) is 58.7 Å². The quantitative estimate of drug-likeness (QED) is 0.651. The molecular weight excluding hydrogens is 397 g/mol. The summed E-state index contributed by atoms with van der Waals surface area (Å²) in [5, 5.41) is 12.0. The van der Waals surface area contributed by atoms with Crippen molar-refractivity contribution in [3.8, 4) is 0 Å². The van der Waals surface area contributed by atoms with Gasteiger partial charge in [-0.2, -0.15) is 22.0 Å². The van der Waals surface area contributed by atoms with Crippen molar-refractivity contribution in [2.24, 2.45) is 0 Å². The van der Waals surface area contributed by atoms with Gasteiger partial charge in [0.2, 0.25) is 10.0 Å². The van der Waals surface area contributed by atoms with Crippen LogP contribution in [0.15, 0.2) is 47.6 Å². The number of piperazine rings is 1. The Morgan fingerprint density at radius 3 is 2.46 bits per heavy atom. The average Bonchev–Trinajstić information content (AvgIpc) is 3.15. The smallest absolute Gasteiger partial charge is 0.353 e. The summed E-state index contributed by atoms with van der Waals surface area (Å²) in [4.78, 5) is 1.54. The number of alkyl halides is 3. The topological polar surface area (TPSA) is 83.7 Å². The number of hydrogen-bond donors (Lipinski definition) is 0. The molecule has 1 fully saturated rings. The van der Waals surface area contributed by atoms with Crippen LogP contribution in [0.25, 0.3) is 5.65 Å². The Hall–Kier alpha value is -2.73.